The second kappa shape index (κ2) is 7.24. The third-order valence-corrected chi connectivity index (χ3v) is 4.57. The minimum atomic E-state index is 0.0134. The maximum Gasteiger partial charge on any atom is 0.141 e. The first-order valence-corrected chi connectivity index (χ1v) is 7.75. The van der Waals surface area contributed by atoms with E-state index in [1.165, 1.54) is 9.75 Å². The van der Waals surface area contributed by atoms with E-state index in [1.54, 1.807) is 11.3 Å². The summed E-state index contributed by atoms with van der Waals surface area (Å²) in [6.07, 6.45) is 0.467. The highest BCUT2D eigenvalue weighted by Gasteiger charge is 2.17. The molecule has 0 spiro atoms. The highest BCUT2D eigenvalue weighted by Crippen LogP contribution is 2.26. The molecule has 0 saturated carbocycles. The molecule has 0 aliphatic rings. The van der Waals surface area contributed by atoms with Gasteiger partial charge in [-0.3, -0.25) is 0 Å². The van der Waals surface area contributed by atoms with E-state index in [1.807, 2.05) is 18.2 Å². The Morgan fingerprint density at radius 1 is 1.29 bits per heavy atom. The first-order valence-electron chi connectivity index (χ1n) is 6.94. The van der Waals surface area contributed by atoms with E-state index >= 15 is 0 Å². The van der Waals surface area contributed by atoms with E-state index in [9.17, 15) is 0 Å². The second-order valence-corrected chi connectivity index (χ2v) is 6.41. The van der Waals surface area contributed by atoms with Crippen molar-refractivity contribution in [1.29, 1.82) is 0 Å². The number of rotatable bonds is 6. The summed E-state index contributed by atoms with van der Waals surface area (Å²) in [6, 6.07) is 14.6. The Kier molecular flexibility index (Phi) is 5.36. The number of nitrogens with zero attached hydrogens (tertiary/aromatic N) is 1. The molecule has 0 saturated heterocycles. The molecule has 0 aliphatic heterocycles. The zero-order valence-corrected chi connectivity index (χ0v) is 13.1. The van der Waals surface area contributed by atoms with Crippen LogP contribution < -0.4 is 11.1 Å². The molecule has 2 atom stereocenters. The summed E-state index contributed by atoms with van der Waals surface area (Å²) in [7, 11) is 0. The highest BCUT2D eigenvalue weighted by molar-refractivity contribution is 7.12. The topological polar surface area (TPSA) is 70.6 Å². The lowest BCUT2D eigenvalue weighted by molar-refractivity contribution is 0.315. The second-order valence-electron chi connectivity index (χ2n) is 5.10. The lowest BCUT2D eigenvalue weighted by Crippen LogP contribution is -2.28. The fourth-order valence-corrected chi connectivity index (χ4v) is 3.17. The van der Waals surface area contributed by atoms with Gasteiger partial charge in [0.05, 0.1) is 0 Å². The van der Waals surface area contributed by atoms with Crippen molar-refractivity contribution in [3.8, 4) is 0 Å². The van der Waals surface area contributed by atoms with E-state index < -0.39 is 0 Å². The molecule has 0 radical (unpaired) electrons. The predicted octanol–water partition coefficient (Wildman–Crippen LogP) is 3.58. The summed E-state index contributed by atoms with van der Waals surface area (Å²) in [4.78, 5) is 2.58. The van der Waals surface area contributed by atoms with Gasteiger partial charge < -0.3 is 16.3 Å². The molecule has 0 bridgehead atoms. The van der Waals surface area contributed by atoms with Crippen LogP contribution in [0.4, 0.5) is 0 Å². The number of nitrogens with two attached hydrogens (primary N) is 1. The Balaban J connectivity index is 2.16. The van der Waals surface area contributed by atoms with Gasteiger partial charge in [0.2, 0.25) is 0 Å². The monoisotopic (exact) mass is 303 g/mol. The number of hydrogen-bond donors (Lipinski definition) is 3. The number of amidine groups is 1. The fourth-order valence-electron chi connectivity index (χ4n) is 2.28. The van der Waals surface area contributed by atoms with Crippen LogP contribution in [0.15, 0.2) is 47.6 Å². The van der Waals surface area contributed by atoms with Gasteiger partial charge in [0.25, 0.3) is 0 Å². The molecule has 0 amide bonds. The number of thiophene rings is 1. The Morgan fingerprint density at radius 2 is 2.00 bits per heavy atom. The highest BCUT2D eigenvalue weighted by atomic mass is 32.1. The van der Waals surface area contributed by atoms with Gasteiger partial charge >= 0.3 is 0 Å². The van der Waals surface area contributed by atoms with Crippen molar-refractivity contribution >= 4 is 17.2 Å². The molecule has 1 aromatic heterocycles. The summed E-state index contributed by atoms with van der Waals surface area (Å²) in [5.74, 6) is 0.228. The third-order valence-electron chi connectivity index (χ3n) is 3.38. The SMILES string of the molecule is Cc1ccc(C(C)NC(CC(N)=NO)c2ccccc2)s1. The van der Waals surface area contributed by atoms with Gasteiger partial charge in [0.1, 0.15) is 5.84 Å². The first-order chi connectivity index (χ1) is 10.1. The van der Waals surface area contributed by atoms with Crippen molar-refractivity contribution in [1.82, 2.24) is 5.32 Å². The van der Waals surface area contributed by atoms with E-state index in [0.29, 0.717) is 6.42 Å². The summed E-state index contributed by atoms with van der Waals surface area (Å²) < 4.78 is 0. The number of aryl methyl sites for hydroxylation is 1. The van der Waals surface area contributed by atoms with Crippen molar-refractivity contribution in [2.45, 2.75) is 32.4 Å². The zero-order chi connectivity index (χ0) is 15.2. The van der Waals surface area contributed by atoms with Crippen molar-refractivity contribution in [3.63, 3.8) is 0 Å². The summed E-state index contributed by atoms with van der Waals surface area (Å²) in [5, 5.41) is 15.5. The molecule has 21 heavy (non-hydrogen) atoms. The molecule has 112 valence electrons. The van der Waals surface area contributed by atoms with Crippen molar-refractivity contribution in [2.75, 3.05) is 0 Å². The van der Waals surface area contributed by atoms with Crippen LogP contribution in [0.25, 0.3) is 0 Å². The third kappa shape index (κ3) is 4.31. The van der Waals surface area contributed by atoms with E-state index in [0.717, 1.165) is 5.56 Å². The molecule has 4 nitrogen and oxygen atoms in total. The van der Waals surface area contributed by atoms with Crippen LogP contribution in [0.3, 0.4) is 0 Å². The van der Waals surface area contributed by atoms with Gasteiger partial charge in [-0.2, -0.15) is 0 Å². The maximum atomic E-state index is 8.82. The summed E-state index contributed by atoms with van der Waals surface area (Å²) >= 11 is 1.78. The molecule has 5 heteroatoms. The van der Waals surface area contributed by atoms with E-state index in [-0.39, 0.29) is 17.9 Å². The predicted molar refractivity (Wildman–Crippen MR) is 87.8 cm³/mol. The first kappa shape index (κ1) is 15.5. The number of nitrogens with one attached hydrogen (secondary N) is 1. The Hall–Kier alpha value is -1.85. The van der Waals surface area contributed by atoms with Crippen molar-refractivity contribution in [3.05, 3.63) is 57.8 Å². The molecule has 0 aliphatic carbocycles. The Bertz CT molecular complexity index is 595. The number of benzene rings is 1. The quantitative estimate of drug-likeness (QED) is 0.330. The minimum absolute atomic E-state index is 0.0134. The average Bonchev–Trinajstić information content (AvgIpc) is 2.94. The Labute approximate surface area is 129 Å². The van der Waals surface area contributed by atoms with Crippen LogP contribution in [0.2, 0.25) is 0 Å². The molecular formula is C16H21N3OS. The molecule has 0 fully saturated rings. The van der Waals surface area contributed by atoms with Crippen LogP contribution >= 0.6 is 11.3 Å². The van der Waals surface area contributed by atoms with Gasteiger partial charge in [0.15, 0.2) is 0 Å². The zero-order valence-electron chi connectivity index (χ0n) is 12.3. The van der Waals surface area contributed by atoms with Crippen LogP contribution in [-0.4, -0.2) is 11.0 Å². The van der Waals surface area contributed by atoms with Crippen LogP contribution in [0.1, 0.15) is 40.7 Å². The van der Waals surface area contributed by atoms with Gasteiger partial charge in [-0.15, -0.1) is 11.3 Å². The molecule has 2 unspecified atom stereocenters. The van der Waals surface area contributed by atoms with E-state index in [4.69, 9.17) is 10.9 Å². The normalized spacial score (nSPS) is 14.9. The smallest absolute Gasteiger partial charge is 0.141 e. The van der Waals surface area contributed by atoms with Gasteiger partial charge in [-0.1, -0.05) is 35.5 Å². The standard InChI is InChI=1S/C16H21N3OS/c1-11-8-9-15(21-11)12(2)18-14(10-16(17)19-20)13-6-4-3-5-7-13/h3-9,12,14,18,20H,10H2,1-2H3,(H2,17,19). The molecule has 1 aromatic carbocycles. The summed E-state index contributed by atoms with van der Waals surface area (Å²) in [6.45, 7) is 4.24. The maximum absolute atomic E-state index is 8.82. The lowest BCUT2D eigenvalue weighted by Gasteiger charge is -2.23. The lowest BCUT2D eigenvalue weighted by atomic mass is 10.0. The molecule has 2 rings (SSSR count). The molecule has 2 aromatic rings. The minimum Gasteiger partial charge on any atom is -0.409 e. The van der Waals surface area contributed by atoms with Gasteiger partial charge in [0, 0.05) is 28.3 Å². The van der Waals surface area contributed by atoms with E-state index in [2.05, 4.69) is 48.6 Å². The van der Waals surface area contributed by atoms with Gasteiger partial charge in [-0.05, 0) is 31.5 Å². The van der Waals surface area contributed by atoms with Crippen molar-refractivity contribution in [2.24, 2.45) is 10.9 Å². The summed E-state index contributed by atoms with van der Waals surface area (Å²) in [5.41, 5.74) is 6.82. The largest absolute Gasteiger partial charge is 0.409 e. The van der Waals surface area contributed by atoms with Crippen LogP contribution in [-0.2, 0) is 0 Å². The van der Waals surface area contributed by atoms with Gasteiger partial charge in [-0.25, -0.2) is 0 Å². The average molecular weight is 303 g/mol. The van der Waals surface area contributed by atoms with Crippen LogP contribution in [0.5, 0.6) is 0 Å². The van der Waals surface area contributed by atoms with Crippen molar-refractivity contribution < 1.29 is 5.21 Å². The molecule has 1 heterocycles. The molecule has 4 N–H and O–H groups in total. The number of oxime groups is 1. The Morgan fingerprint density at radius 3 is 2.57 bits per heavy atom. The molecular weight excluding hydrogens is 282 g/mol. The fraction of sp³-hybridized carbons (Fsp3) is 0.312. The van der Waals surface area contributed by atoms with Crippen LogP contribution in [0, 0.1) is 6.92 Å². The number of hydrogen-bond acceptors (Lipinski definition) is 4.